The maximum Gasteiger partial charge on any atom is 0.328 e. The molecule has 1 fully saturated rings. The number of hydrogen-bond donors (Lipinski definition) is 5. The lowest BCUT2D eigenvalue weighted by Crippen LogP contribution is -2.60. The highest BCUT2D eigenvalue weighted by Gasteiger charge is 2.45. The second-order valence-electron chi connectivity index (χ2n) is 5.73. The zero-order chi connectivity index (χ0) is 18.8. The van der Waals surface area contributed by atoms with Gasteiger partial charge in [-0.1, -0.05) is 0 Å². The van der Waals surface area contributed by atoms with Crippen LogP contribution in [0.5, 0.6) is 17.2 Å². The number of aliphatic hydroxyl groups excluding tert-OH is 4. The number of carboxylic acid groups (broad SMARTS) is 1. The molecule has 5 atom stereocenters. The SMILES string of the molecule is O=C(O)C=Cc1cc2c(cc1O[C@H]1O[C@H](CO)[C@@H](O)[C@H](O)[C@H]1O)OCO2. The van der Waals surface area contributed by atoms with E-state index in [1.807, 2.05) is 0 Å². The molecular formula is C16H18O10. The Morgan fingerprint density at radius 1 is 1.15 bits per heavy atom. The van der Waals surface area contributed by atoms with Crippen molar-refractivity contribution in [2.75, 3.05) is 13.4 Å². The molecule has 3 rings (SSSR count). The van der Waals surface area contributed by atoms with Crippen LogP contribution in [0.2, 0.25) is 0 Å². The molecule has 1 aromatic rings. The molecule has 0 aliphatic carbocycles. The minimum absolute atomic E-state index is 0.0130. The first-order valence-corrected chi connectivity index (χ1v) is 7.72. The fourth-order valence-corrected chi connectivity index (χ4v) is 2.62. The van der Waals surface area contributed by atoms with E-state index < -0.39 is 43.3 Å². The fraction of sp³-hybridized carbons (Fsp3) is 0.438. The van der Waals surface area contributed by atoms with Gasteiger partial charge in [-0.15, -0.1) is 0 Å². The lowest BCUT2D eigenvalue weighted by atomic mass is 9.99. The molecule has 0 amide bonds. The molecule has 0 saturated carbocycles. The quantitative estimate of drug-likeness (QED) is 0.395. The first kappa shape index (κ1) is 18.4. The number of ether oxygens (including phenoxy) is 4. The third-order valence-corrected chi connectivity index (χ3v) is 4.00. The van der Waals surface area contributed by atoms with Gasteiger partial charge < -0.3 is 44.5 Å². The number of fused-ring (bicyclic) bond motifs is 1. The number of hydrogen-bond acceptors (Lipinski definition) is 9. The molecule has 1 aromatic carbocycles. The average molecular weight is 370 g/mol. The van der Waals surface area contributed by atoms with Crippen LogP contribution in [0.15, 0.2) is 18.2 Å². The van der Waals surface area contributed by atoms with Gasteiger partial charge in [0.15, 0.2) is 11.5 Å². The maximum absolute atomic E-state index is 10.8. The number of carbonyl (C=O) groups is 1. The summed E-state index contributed by atoms with van der Waals surface area (Å²) in [4.78, 5) is 10.8. The van der Waals surface area contributed by atoms with E-state index in [0.717, 1.165) is 6.08 Å². The molecule has 0 spiro atoms. The molecule has 1 saturated heterocycles. The summed E-state index contributed by atoms with van der Waals surface area (Å²) < 4.78 is 21.3. The van der Waals surface area contributed by atoms with Crippen LogP contribution in [0.1, 0.15) is 5.56 Å². The van der Waals surface area contributed by atoms with E-state index in [9.17, 15) is 25.2 Å². The zero-order valence-electron chi connectivity index (χ0n) is 13.4. The molecule has 5 N–H and O–H groups in total. The normalized spacial score (nSPS) is 30.5. The monoisotopic (exact) mass is 370 g/mol. The van der Waals surface area contributed by atoms with E-state index in [4.69, 9.17) is 24.1 Å². The summed E-state index contributed by atoms with van der Waals surface area (Å²) in [6.45, 7) is -0.612. The van der Waals surface area contributed by atoms with Gasteiger partial charge in [0.05, 0.1) is 6.61 Å². The molecule has 10 nitrogen and oxygen atoms in total. The summed E-state index contributed by atoms with van der Waals surface area (Å²) in [6.07, 6.45) is -5.12. The van der Waals surface area contributed by atoms with Crippen molar-refractivity contribution in [3.05, 3.63) is 23.8 Å². The third-order valence-electron chi connectivity index (χ3n) is 4.00. The van der Waals surface area contributed by atoms with Gasteiger partial charge in [0.2, 0.25) is 13.1 Å². The Hall–Kier alpha value is -2.37. The maximum atomic E-state index is 10.8. The molecule has 142 valence electrons. The minimum Gasteiger partial charge on any atom is -0.478 e. The predicted molar refractivity (Wildman–Crippen MR) is 83.6 cm³/mol. The van der Waals surface area contributed by atoms with Gasteiger partial charge in [0.25, 0.3) is 0 Å². The van der Waals surface area contributed by atoms with Crippen LogP contribution in [0.3, 0.4) is 0 Å². The van der Waals surface area contributed by atoms with Gasteiger partial charge in [-0.05, 0) is 12.1 Å². The van der Waals surface area contributed by atoms with Gasteiger partial charge in [-0.25, -0.2) is 4.79 Å². The number of benzene rings is 1. The van der Waals surface area contributed by atoms with E-state index in [0.29, 0.717) is 17.1 Å². The molecule has 2 heterocycles. The van der Waals surface area contributed by atoms with E-state index in [-0.39, 0.29) is 12.5 Å². The van der Waals surface area contributed by atoms with Crippen LogP contribution in [0, 0.1) is 0 Å². The largest absolute Gasteiger partial charge is 0.478 e. The first-order valence-electron chi connectivity index (χ1n) is 7.72. The molecule has 2 aliphatic heterocycles. The summed E-state index contributed by atoms with van der Waals surface area (Å²) in [7, 11) is 0. The average Bonchev–Trinajstić information content (AvgIpc) is 3.07. The van der Waals surface area contributed by atoms with Crippen molar-refractivity contribution in [3.63, 3.8) is 0 Å². The third kappa shape index (κ3) is 3.59. The van der Waals surface area contributed by atoms with Crippen LogP contribution in [-0.4, -0.2) is 75.6 Å². The van der Waals surface area contributed by atoms with Crippen LogP contribution < -0.4 is 14.2 Å². The van der Waals surface area contributed by atoms with Crippen molar-refractivity contribution in [1.82, 2.24) is 0 Å². The van der Waals surface area contributed by atoms with E-state index in [1.165, 1.54) is 18.2 Å². The van der Waals surface area contributed by atoms with Crippen molar-refractivity contribution in [3.8, 4) is 17.2 Å². The van der Waals surface area contributed by atoms with E-state index in [1.54, 1.807) is 0 Å². The second-order valence-corrected chi connectivity index (χ2v) is 5.73. The Morgan fingerprint density at radius 3 is 2.50 bits per heavy atom. The second kappa shape index (κ2) is 7.48. The summed E-state index contributed by atoms with van der Waals surface area (Å²) in [5.74, 6) is -0.356. The molecule has 2 aliphatic rings. The highest BCUT2D eigenvalue weighted by Crippen LogP contribution is 2.39. The van der Waals surface area contributed by atoms with Crippen molar-refractivity contribution in [2.45, 2.75) is 30.7 Å². The van der Waals surface area contributed by atoms with Crippen LogP contribution in [-0.2, 0) is 9.53 Å². The molecule has 0 unspecified atom stereocenters. The molecule has 0 aromatic heterocycles. The van der Waals surface area contributed by atoms with Crippen LogP contribution >= 0.6 is 0 Å². The smallest absolute Gasteiger partial charge is 0.328 e. The van der Waals surface area contributed by atoms with Gasteiger partial charge in [-0.2, -0.15) is 0 Å². The summed E-state index contributed by atoms with van der Waals surface area (Å²) in [5.41, 5.74) is 0.300. The van der Waals surface area contributed by atoms with Gasteiger partial charge in [0, 0.05) is 17.7 Å². The summed E-state index contributed by atoms with van der Waals surface area (Å²) in [6, 6.07) is 2.91. The Balaban J connectivity index is 1.89. The minimum atomic E-state index is -1.60. The molecule has 26 heavy (non-hydrogen) atoms. The Kier molecular flexibility index (Phi) is 5.30. The predicted octanol–water partition coefficient (Wildman–Crippen LogP) is -1.31. The number of aliphatic hydroxyl groups is 4. The van der Waals surface area contributed by atoms with Crippen molar-refractivity contribution in [1.29, 1.82) is 0 Å². The van der Waals surface area contributed by atoms with Gasteiger partial charge in [-0.3, -0.25) is 0 Å². The van der Waals surface area contributed by atoms with Gasteiger partial charge >= 0.3 is 5.97 Å². The Labute approximate surface area is 147 Å². The standard InChI is InChI=1S/C16H18O10/c17-5-11-13(20)14(21)15(22)16(26-11)25-8-4-10-9(23-6-24-10)3-7(8)1-2-12(18)19/h1-4,11,13-17,20-22H,5-6H2,(H,18,19)/t11-,13-,14+,15-,16+/m1/s1. The van der Waals surface area contributed by atoms with E-state index >= 15 is 0 Å². The lowest BCUT2D eigenvalue weighted by molar-refractivity contribution is -0.277. The van der Waals surface area contributed by atoms with Crippen LogP contribution in [0.25, 0.3) is 6.08 Å². The molecule has 10 heteroatoms. The van der Waals surface area contributed by atoms with Crippen molar-refractivity contribution >= 4 is 12.0 Å². The Morgan fingerprint density at radius 2 is 1.85 bits per heavy atom. The number of carboxylic acids is 1. The summed E-state index contributed by atoms with van der Waals surface area (Å²) >= 11 is 0. The topological polar surface area (TPSA) is 155 Å². The van der Waals surface area contributed by atoms with Crippen molar-refractivity contribution < 1.29 is 49.3 Å². The molecule has 0 radical (unpaired) electrons. The van der Waals surface area contributed by atoms with E-state index in [2.05, 4.69) is 0 Å². The lowest BCUT2D eigenvalue weighted by Gasteiger charge is -2.39. The molecule has 0 bridgehead atoms. The van der Waals surface area contributed by atoms with Gasteiger partial charge in [0.1, 0.15) is 30.2 Å². The zero-order valence-corrected chi connectivity index (χ0v) is 13.4. The summed E-state index contributed by atoms with van der Waals surface area (Å²) in [5, 5.41) is 47.8. The van der Waals surface area contributed by atoms with Crippen molar-refractivity contribution in [2.24, 2.45) is 0 Å². The fourth-order valence-electron chi connectivity index (χ4n) is 2.62. The number of aliphatic carboxylic acids is 1. The Bertz CT molecular complexity index is 701. The van der Waals surface area contributed by atoms with Crippen LogP contribution in [0.4, 0.5) is 0 Å². The first-order chi connectivity index (χ1) is 12.4. The number of rotatable bonds is 5. The molecular weight excluding hydrogens is 352 g/mol. The highest BCUT2D eigenvalue weighted by atomic mass is 16.7. The highest BCUT2D eigenvalue weighted by molar-refractivity contribution is 5.86.